The van der Waals surface area contributed by atoms with E-state index in [1.807, 2.05) is 24.3 Å². The molecule has 1 N–H and O–H groups in total. The number of aromatic hydroxyl groups is 1. The van der Waals surface area contributed by atoms with E-state index in [4.69, 9.17) is 32.4 Å². The quantitative estimate of drug-likeness (QED) is 0.737. The highest BCUT2D eigenvalue weighted by molar-refractivity contribution is 6.50. The summed E-state index contributed by atoms with van der Waals surface area (Å²) in [6.45, 7) is 0. The lowest BCUT2D eigenvalue weighted by atomic mass is 10.2. The first kappa shape index (κ1) is 14.8. The molecule has 0 atom stereocenters. The number of benzene rings is 2. The summed E-state index contributed by atoms with van der Waals surface area (Å²) in [4.78, 5) is 4.31. The van der Waals surface area contributed by atoms with Crippen molar-refractivity contribution in [3.8, 4) is 11.5 Å². The van der Waals surface area contributed by atoms with Crippen LogP contribution in [0.2, 0.25) is 5.02 Å². The number of phenolic OH excluding ortho intramolecular Hbond substituents is 1. The summed E-state index contributed by atoms with van der Waals surface area (Å²) < 4.78 is 10.6. The molecule has 3 rings (SSSR count). The van der Waals surface area contributed by atoms with Gasteiger partial charge in [0.1, 0.15) is 10.5 Å². The first-order chi connectivity index (χ1) is 10.6. The highest BCUT2D eigenvalue weighted by Gasteiger charge is 2.11. The van der Waals surface area contributed by atoms with E-state index in [1.54, 1.807) is 18.2 Å². The molecule has 1 aromatic heterocycles. The Bertz CT molecular complexity index is 838. The van der Waals surface area contributed by atoms with Gasteiger partial charge in [-0.05, 0) is 35.9 Å². The molecule has 0 amide bonds. The number of hydrogen-bond acceptors (Lipinski definition) is 4. The Hall–Kier alpha value is -2.17. The maximum atomic E-state index is 9.73. The second-order valence-corrected chi connectivity index (χ2v) is 5.35. The van der Waals surface area contributed by atoms with Crippen LogP contribution in [0.15, 0.2) is 40.8 Å². The van der Waals surface area contributed by atoms with Crippen molar-refractivity contribution < 1.29 is 14.3 Å². The molecule has 0 bridgehead atoms. The van der Waals surface area contributed by atoms with Crippen LogP contribution in [0.5, 0.6) is 11.5 Å². The Labute approximate surface area is 136 Å². The number of rotatable bonds is 3. The van der Waals surface area contributed by atoms with Gasteiger partial charge in [0.05, 0.1) is 12.1 Å². The minimum atomic E-state index is -0.112. The van der Waals surface area contributed by atoms with E-state index in [9.17, 15) is 5.11 Å². The summed E-state index contributed by atoms with van der Waals surface area (Å²) >= 11 is 12.2. The lowest BCUT2D eigenvalue weighted by molar-refractivity contribution is 0.373. The van der Waals surface area contributed by atoms with Crippen LogP contribution in [0.1, 0.15) is 11.5 Å². The number of aromatic nitrogens is 1. The molecule has 0 saturated carbocycles. The van der Waals surface area contributed by atoms with E-state index in [0.29, 0.717) is 22.1 Å². The number of phenols is 1. The fourth-order valence-corrected chi connectivity index (χ4v) is 2.44. The second kappa shape index (κ2) is 5.91. The van der Waals surface area contributed by atoms with Gasteiger partial charge in [0.15, 0.2) is 17.1 Å². The van der Waals surface area contributed by atoms with Gasteiger partial charge in [0.2, 0.25) is 5.89 Å². The zero-order valence-electron chi connectivity index (χ0n) is 11.5. The van der Waals surface area contributed by atoms with E-state index in [1.165, 1.54) is 7.11 Å². The number of fused-ring (bicyclic) bond motifs is 1. The van der Waals surface area contributed by atoms with E-state index < -0.39 is 0 Å². The molecule has 0 aliphatic heterocycles. The van der Waals surface area contributed by atoms with Crippen molar-refractivity contribution in [2.45, 2.75) is 0 Å². The van der Waals surface area contributed by atoms with Crippen molar-refractivity contribution in [2.24, 2.45) is 0 Å². The number of para-hydroxylation sites is 2. The van der Waals surface area contributed by atoms with Crippen molar-refractivity contribution in [2.75, 3.05) is 7.11 Å². The van der Waals surface area contributed by atoms with Gasteiger partial charge in [-0.25, -0.2) is 4.98 Å². The molecule has 6 heteroatoms. The molecular formula is C16H11Cl2NO3. The largest absolute Gasteiger partial charge is 0.503 e. The maximum Gasteiger partial charge on any atom is 0.238 e. The molecule has 22 heavy (non-hydrogen) atoms. The molecule has 0 unspecified atom stereocenters. The highest BCUT2D eigenvalue weighted by Crippen LogP contribution is 2.36. The van der Waals surface area contributed by atoms with Crippen LogP contribution in [-0.4, -0.2) is 17.2 Å². The predicted molar refractivity (Wildman–Crippen MR) is 87.4 cm³/mol. The standard InChI is InChI=1S/C16H11Cl2NO3/c1-21-14-8-9(6-10(17)15(14)20)7-11(18)16-19-12-4-2-3-5-13(12)22-16/h2-8,20H,1H3/b11-7-. The van der Waals surface area contributed by atoms with Crippen molar-refractivity contribution in [1.29, 1.82) is 0 Å². The van der Waals surface area contributed by atoms with E-state index in [0.717, 1.165) is 5.52 Å². The molecular weight excluding hydrogens is 325 g/mol. The summed E-state index contributed by atoms with van der Waals surface area (Å²) in [5.41, 5.74) is 2.04. The van der Waals surface area contributed by atoms with E-state index >= 15 is 0 Å². The zero-order chi connectivity index (χ0) is 15.7. The maximum absolute atomic E-state index is 9.73. The van der Waals surface area contributed by atoms with Crippen LogP contribution in [0.4, 0.5) is 0 Å². The number of oxazole rings is 1. The Morgan fingerprint density at radius 2 is 2.09 bits per heavy atom. The lowest BCUT2D eigenvalue weighted by Crippen LogP contribution is -1.86. The second-order valence-electron chi connectivity index (χ2n) is 4.53. The van der Waals surface area contributed by atoms with Gasteiger partial charge in [0.25, 0.3) is 0 Å². The summed E-state index contributed by atoms with van der Waals surface area (Å²) in [6, 6.07) is 10.6. The molecule has 0 aliphatic carbocycles. The fraction of sp³-hybridized carbons (Fsp3) is 0.0625. The third-order valence-corrected chi connectivity index (χ3v) is 3.62. The van der Waals surface area contributed by atoms with Crippen LogP contribution in [0, 0.1) is 0 Å². The minimum Gasteiger partial charge on any atom is -0.503 e. The van der Waals surface area contributed by atoms with Crippen molar-refractivity contribution >= 4 is 45.4 Å². The molecule has 0 radical (unpaired) electrons. The molecule has 0 saturated heterocycles. The van der Waals surface area contributed by atoms with Crippen LogP contribution >= 0.6 is 23.2 Å². The third kappa shape index (κ3) is 2.75. The topological polar surface area (TPSA) is 55.5 Å². The zero-order valence-corrected chi connectivity index (χ0v) is 13.0. The average molecular weight is 336 g/mol. The van der Waals surface area contributed by atoms with E-state index in [2.05, 4.69) is 4.98 Å². The van der Waals surface area contributed by atoms with Crippen molar-refractivity contribution in [3.05, 3.63) is 52.9 Å². The number of halogens is 2. The van der Waals surface area contributed by atoms with Crippen LogP contribution in [0.3, 0.4) is 0 Å². The Morgan fingerprint density at radius 3 is 2.82 bits per heavy atom. The predicted octanol–water partition coefficient (Wildman–Crippen LogP) is 4.93. The normalized spacial score (nSPS) is 11.9. The van der Waals surface area contributed by atoms with E-state index in [-0.39, 0.29) is 16.5 Å². The van der Waals surface area contributed by atoms with Gasteiger partial charge < -0.3 is 14.3 Å². The molecule has 0 aliphatic rings. The number of methoxy groups -OCH3 is 1. The van der Waals surface area contributed by atoms with Gasteiger partial charge >= 0.3 is 0 Å². The summed E-state index contributed by atoms with van der Waals surface area (Å²) in [5, 5.41) is 10.2. The molecule has 2 aromatic carbocycles. The average Bonchev–Trinajstić information content (AvgIpc) is 2.94. The molecule has 3 aromatic rings. The third-order valence-electron chi connectivity index (χ3n) is 3.06. The fourth-order valence-electron chi connectivity index (χ4n) is 2.02. The van der Waals surface area contributed by atoms with Crippen molar-refractivity contribution in [3.63, 3.8) is 0 Å². The summed E-state index contributed by atoms with van der Waals surface area (Å²) in [7, 11) is 1.45. The number of hydrogen-bond donors (Lipinski definition) is 1. The van der Waals surface area contributed by atoms with Crippen LogP contribution in [0.25, 0.3) is 22.2 Å². The smallest absolute Gasteiger partial charge is 0.238 e. The SMILES string of the molecule is COc1cc(/C=C(\Cl)c2nc3ccccc3o2)cc(Cl)c1O. The molecule has 112 valence electrons. The van der Waals surface area contributed by atoms with Crippen LogP contribution < -0.4 is 4.74 Å². The Balaban J connectivity index is 2.02. The number of nitrogens with zero attached hydrogens (tertiary/aromatic N) is 1. The lowest BCUT2D eigenvalue weighted by Gasteiger charge is -2.06. The Morgan fingerprint density at radius 1 is 1.32 bits per heavy atom. The monoisotopic (exact) mass is 335 g/mol. The molecule has 0 fully saturated rings. The van der Waals surface area contributed by atoms with Gasteiger partial charge in [-0.3, -0.25) is 0 Å². The first-order valence-corrected chi connectivity index (χ1v) is 7.13. The molecule has 4 nitrogen and oxygen atoms in total. The number of ether oxygens (including phenoxy) is 1. The van der Waals surface area contributed by atoms with Crippen LogP contribution in [-0.2, 0) is 0 Å². The van der Waals surface area contributed by atoms with Gasteiger partial charge in [-0.15, -0.1) is 0 Å². The summed E-state index contributed by atoms with van der Waals surface area (Å²) in [6.07, 6.45) is 1.64. The van der Waals surface area contributed by atoms with Gasteiger partial charge in [-0.1, -0.05) is 35.3 Å². The highest BCUT2D eigenvalue weighted by atomic mass is 35.5. The van der Waals surface area contributed by atoms with Crippen molar-refractivity contribution in [1.82, 2.24) is 4.98 Å². The van der Waals surface area contributed by atoms with Gasteiger partial charge in [0, 0.05) is 0 Å². The first-order valence-electron chi connectivity index (χ1n) is 6.38. The molecule has 1 heterocycles. The van der Waals surface area contributed by atoms with Gasteiger partial charge in [-0.2, -0.15) is 0 Å². The minimum absolute atomic E-state index is 0.112. The summed E-state index contributed by atoms with van der Waals surface area (Å²) in [5.74, 6) is 0.464. The molecule has 0 spiro atoms. The Kier molecular flexibility index (Phi) is 3.96.